The van der Waals surface area contributed by atoms with Gasteiger partial charge < -0.3 is 5.11 Å². The van der Waals surface area contributed by atoms with Crippen molar-refractivity contribution < 1.29 is 9.90 Å². The van der Waals surface area contributed by atoms with Crippen molar-refractivity contribution in [2.24, 2.45) is 0 Å². The highest BCUT2D eigenvalue weighted by Gasteiger charge is 2.05. The lowest BCUT2D eigenvalue weighted by Gasteiger charge is -1.95. The summed E-state index contributed by atoms with van der Waals surface area (Å²) in [6.07, 6.45) is 3.23. The summed E-state index contributed by atoms with van der Waals surface area (Å²) < 4.78 is 0.931. The van der Waals surface area contributed by atoms with Gasteiger partial charge >= 0.3 is 5.97 Å². The number of nitrogens with zero attached hydrogens (tertiary/aromatic N) is 2. The Labute approximate surface area is 114 Å². The van der Waals surface area contributed by atoms with Crippen LogP contribution in [0.5, 0.6) is 0 Å². The van der Waals surface area contributed by atoms with Gasteiger partial charge in [-0.1, -0.05) is 12.1 Å². The van der Waals surface area contributed by atoms with Crippen molar-refractivity contribution in [3.05, 3.63) is 58.1 Å². The zero-order chi connectivity index (χ0) is 13.5. The summed E-state index contributed by atoms with van der Waals surface area (Å²) in [5.41, 5.74) is 1.99. The van der Waals surface area contributed by atoms with Crippen molar-refractivity contribution in [1.29, 1.82) is 0 Å². The van der Waals surface area contributed by atoms with Crippen LogP contribution in [0.25, 0.3) is 0 Å². The second kappa shape index (κ2) is 6.86. The Balaban J connectivity index is 0.000000184. The van der Waals surface area contributed by atoms with Crippen LogP contribution in [0.1, 0.15) is 21.6 Å². The fourth-order valence-electron chi connectivity index (χ4n) is 1.18. The van der Waals surface area contributed by atoms with Crippen molar-refractivity contribution in [2.45, 2.75) is 13.8 Å². The molecule has 0 aliphatic heterocycles. The van der Waals surface area contributed by atoms with Crippen molar-refractivity contribution in [1.82, 2.24) is 9.97 Å². The number of aromatic carboxylic acids is 1. The number of aryl methyl sites for hydroxylation is 2. The smallest absolute Gasteiger partial charge is 0.354 e. The first-order chi connectivity index (χ1) is 8.52. The van der Waals surface area contributed by atoms with Gasteiger partial charge in [0, 0.05) is 12.4 Å². The van der Waals surface area contributed by atoms with Gasteiger partial charge in [0.2, 0.25) is 0 Å². The van der Waals surface area contributed by atoms with Gasteiger partial charge in [0.25, 0.3) is 0 Å². The number of carbonyl (C=O) groups is 1. The van der Waals surface area contributed by atoms with Crippen LogP contribution >= 0.6 is 15.9 Å². The summed E-state index contributed by atoms with van der Waals surface area (Å²) in [4.78, 5) is 18.0. The molecular formula is C13H13BrN2O2. The Morgan fingerprint density at radius 2 is 1.67 bits per heavy atom. The number of halogens is 1. The quantitative estimate of drug-likeness (QED) is 0.821. The number of hydrogen-bond acceptors (Lipinski definition) is 3. The number of rotatable bonds is 1. The second-order valence-electron chi connectivity index (χ2n) is 3.59. The van der Waals surface area contributed by atoms with E-state index in [0.717, 1.165) is 4.60 Å². The largest absolute Gasteiger partial charge is 0.477 e. The van der Waals surface area contributed by atoms with Crippen LogP contribution in [-0.2, 0) is 0 Å². The van der Waals surface area contributed by atoms with E-state index in [1.54, 1.807) is 25.3 Å². The number of carboxylic acids is 1. The van der Waals surface area contributed by atoms with Gasteiger partial charge in [-0.3, -0.25) is 0 Å². The van der Waals surface area contributed by atoms with Gasteiger partial charge in [0.1, 0.15) is 4.60 Å². The third-order valence-corrected chi connectivity index (χ3v) is 2.99. The predicted octanol–water partition coefficient (Wildman–Crippen LogP) is 3.24. The molecule has 0 radical (unpaired) electrons. The maximum absolute atomic E-state index is 10.4. The summed E-state index contributed by atoms with van der Waals surface area (Å²) in [5, 5.41) is 8.50. The Morgan fingerprint density at radius 3 is 2.00 bits per heavy atom. The van der Waals surface area contributed by atoms with Gasteiger partial charge in [-0.05, 0) is 53.0 Å². The molecule has 0 unspecified atom stereocenters. The van der Waals surface area contributed by atoms with Crippen LogP contribution < -0.4 is 0 Å². The van der Waals surface area contributed by atoms with Gasteiger partial charge in [0.05, 0.1) is 0 Å². The van der Waals surface area contributed by atoms with Crippen molar-refractivity contribution >= 4 is 21.9 Å². The summed E-state index contributed by atoms with van der Waals surface area (Å²) in [6, 6.07) is 7.36. The van der Waals surface area contributed by atoms with Crippen LogP contribution in [-0.4, -0.2) is 21.0 Å². The lowest BCUT2D eigenvalue weighted by Crippen LogP contribution is -2.01. The topological polar surface area (TPSA) is 63.1 Å². The fourth-order valence-corrected chi connectivity index (χ4v) is 1.43. The van der Waals surface area contributed by atoms with Crippen LogP contribution in [0, 0.1) is 13.8 Å². The highest BCUT2D eigenvalue weighted by Crippen LogP contribution is 2.09. The first-order valence-corrected chi connectivity index (χ1v) is 6.03. The molecule has 0 saturated carbocycles. The minimum atomic E-state index is -0.974. The molecule has 94 valence electrons. The Bertz CT molecular complexity index is 523. The molecule has 5 heteroatoms. The van der Waals surface area contributed by atoms with Gasteiger partial charge in [-0.2, -0.15) is 0 Å². The Morgan fingerprint density at radius 1 is 1.11 bits per heavy atom. The lowest BCUT2D eigenvalue weighted by atomic mass is 10.2. The molecule has 0 saturated heterocycles. The highest BCUT2D eigenvalue weighted by molar-refractivity contribution is 9.10. The summed E-state index contributed by atoms with van der Waals surface area (Å²) >= 11 is 3.28. The summed E-state index contributed by atoms with van der Waals surface area (Å²) in [5.74, 6) is -0.974. The molecule has 2 aromatic rings. The van der Waals surface area contributed by atoms with E-state index < -0.39 is 5.97 Å². The molecule has 0 aliphatic carbocycles. The molecule has 0 aromatic carbocycles. The molecular weight excluding hydrogens is 296 g/mol. The monoisotopic (exact) mass is 308 g/mol. The summed E-state index contributed by atoms with van der Waals surface area (Å²) in [7, 11) is 0. The van der Waals surface area contributed by atoms with Crippen molar-refractivity contribution in [2.75, 3.05) is 0 Å². The van der Waals surface area contributed by atoms with E-state index in [9.17, 15) is 4.79 Å². The molecule has 0 bridgehead atoms. The van der Waals surface area contributed by atoms with E-state index in [4.69, 9.17) is 5.11 Å². The van der Waals surface area contributed by atoms with E-state index in [0.29, 0.717) is 5.56 Å². The van der Waals surface area contributed by atoms with E-state index in [1.807, 2.05) is 19.1 Å². The predicted molar refractivity (Wildman–Crippen MR) is 72.6 cm³/mol. The molecule has 0 spiro atoms. The standard InChI is InChI=1S/C7H7NO2.C6H6BrN/c1-5-3-2-4-8-6(5)7(9)10;1-5-3-2-4-8-6(5)7/h2-4H,1H3,(H,9,10);2-4H,1H3. The first-order valence-electron chi connectivity index (χ1n) is 5.24. The Kier molecular flexibility index (Phi) is 5.45. The number of carboxylic acid groups (broad SMARTS) is 1. The van der Waals surface area contributed by atoms with E-state index in [1.165, 1.54) is 11.8 Å². The second-order valence-corrected chi connectivity index (χ2v) is 4.34. The average Bonchev–Trinajstić information content (AvgIpc) is 2.34. The normalized spacial score (nSPS) is 9.28. The molecule has 2 rings (SSSR count). The number of pyridine rings is 2. The third kappa shape index (κ3) is 4.25. The minimum Gasteiger partial charge on any atom is -0.477 e. The molecule has 0 fully saturated rings. The van der Waals surface area contributed by atoms with Crippen LogP contribution in [0.15, 0.2) is 41.3 Å². The molecule has 4 nitrogen and oxygen atoms in total. The van der Waals surface area contributed by atoms with Gasteiger partial charge in [0.15, 0.2) is 5.69 Å². The maximum Gasteiger partial charge on any atom is 0.354 e. The molecule has 2 heterocycles. The number of aromatic nitrogens is 2. The molecule has 2 aromatic heterocycles. The lowest BCUT2D eigenvalue weighted by molar-refractivity contribution is 0.0689. The van der Waals surface area contributed by atoms with Crippen LogP contribution in [0.4, 0.5) is 0 Å². The van der Waals surface area contributed by atoms with Crippen LogP contribution in [0.3, 0.4) is 0 Å². The van der Waals surface area contributed by atoms with E-state index in [2.05, 4.69) is 25.9 Å². The zero-order valence-corrected chi connectivity index (χ0v) is 11.7. The number of hydrogen-bond donors (Lipinski definition) is 1. The SMILES string of the molecule is Cc1cccnc1Br.Cc1cccnc1C(=O)O. The molecule has 1 N–H and O–H groups in total. The van der Waals surface area contributed by atoms with Crippen molar-refractivity contribution in [3.8, 4) is 0 Å². The van der Waals surface area contributed by atoms with Gasteiger partial charge in [-0.25, -0.2) is 14.8 Å². The maximum atomic E-state index is 10.4. The first kappa shape index (κ1) is 14.3. The molecule has 0 atom stereocenters. The zero-order valence-electron chi connectivity index (χ0n) is 10.1. The fraction of sp³-hybridized carbons (Fsp3) is 0.154. The molecule has 0 aliphatic rings. The average molecular weight is 309 g/mol. The van der Waals surface area contributed by atoms with E-state index >= 15 is 0 Å². The van der Waals surface area contributed by atoms with Crippen LogP contribution in [0.2, 0.25) is 0 Å². The minimum absolute atomic E-state index is 0.127. The Hall–Kier alpha value is -1.75. The van der Waals surface area contributed by atoms with E-state index in [-0.39, 0.29) is 5.69 Å². The van der Waals surface area contributed by atoms with Crippen molar-refractivity contribution in [3.63, 3.8) is 0 Å². The molecule has 0 amide bonds. The van der Waals surface area contributed by atoms with Gasteiger partial charge in [-0.15, -0.1) is 0 Å². The summed E-state index contributed by atoms with van der Waals surface area (Å²) in [6.45, 7) is 3.73. The third-order valence-electron chi connectivity index (χ3n) is 2.16. The highest BCUT2D eigenvalue weighted by atomic mass is 79.9. The molecule has 18 heavy (non-hydrogen) atoms.